The van der Waals surface area contributed by atoms with E-state index < -0.39 is 5.91 Å². The highest BCUT2D eigenvalue weighted by Crippen LogP contribution is 2.23. The Morgan fingerprint density at radius 1 is 0.844 bits per heavy atom. The standard InChI is InChI=1S/C24H20N4O4/c1-15-5-3-6-17(13-15)21(29)25-19-8-4-7-18(14-19)22(30)26-24-28-27-23(32-24)16-9-11-20(31-2)12-10-16/h3-14H,1-2H3,(H,25,29)(H,26,28,30). The van der Waals surface area contributed by atoms with Crippen LogP contribution in [0.15, 0.2) is 77.2 Å². The lowest BCUT2D eigenvalue weighted by Gasteiger charge is -2.08. The van der Waals surface area contributed by atoms with Crippen LogP contribution in [0.4, 0.5) is 11.7 Å². The largest absolute Gasteiger partial charge is 0.497 e. The van der Waals surface area contributed by atoms with E-state index >= 15 is 0 Å². The number of nitrogens with zero attached hydrogens (tertiary/aromatic N) is 2. The molecule has 32 heavy (non-hydrogen) atoms. The molecule has 0 aliphatic rings. The zero-order valence-corrected chi connectivity index (χ0v) is 17.5. The lowest BCUT2D eigenvalue weighted by atomic mass is 10.1. The maximum atomic E-state index is 12.6. The van der Waals surface area contributed by atoms with E-state index in [-0.39, 0.29) is 17.8 Å². The van der Waals surface area contributed by atoms with Crippen molar-refractivity contribution in [3.8, 4) is 17.2 Å². The third kappa shape index (κ3) is 4.81. The highest BCUT2D eigenvalue weighted by Gasteiger charge is 2.14. The number of ether oxygens (including phenoxy) is 1. The van der Waals surface area contributed by atoms with Crippen LogP contribution in [0.2, 0.25) is 0 Å². The quantitative estimate of drug-likeness (QED) is 0.466. The van der Waals surface area contributed by atoms with E-state index in [0.717, 1.165) is 5.56 Å². The van der Waals surface area contributed by atoms with Gasteiger partial charge in [0.1, 0.15) is 5.75 Å². The Labute approximate surface area is 184 Å². The molecule has 0 atom stereocenters. The topological polar surface area (TPSA) is 106 Å². The van der Waals surface area contributed by atoms with Crippen LogP contribution < -0.4 is 15.4 Å². The number of carbonyl (C=O) groups is 2. The first-order valence-electron chi connectivity index (χ1n) is 9.79. The van der Waals surface area contributed by atoms with Crippen LogP contribution in [0.5, 0.6) is 5.75 Å². The molecule has 0 aliphatic heterocycles. The Morgan fingerprint density at radius 2 is 1.53 bits per heavy atom. The first-order chi connectivity index (χ1) is 15.5. The van der Waals surface area contributed by atoms with Gasteiger partial charge in [0.15, 0.2) is 0 Å². The summed E-state index contributed by atoms with van der Waals surface area (Å²) in [4.78, 5) is 25.1. The summed E-state index contributed by atoms with van der Waals surface area (Å²) in [7, 11) is 1.58. The molecule has 2 N–H and O–H groups in total. The molecule has 160 valence electrons. The number of hydrogen-bond acceptors (Lipinski definition) is 6. The average Bonchev–Trinajstić information content (AvgIpc) is 3.27. The molecule has 0 radical (unpaired) electrons. The van der Waals surface area contributed by atoms with Crippen molar-refractivity contribution in [3.05, 3.63) is 89.5 Å². The maximum absolute atomic E-state index is 12.6. The lowest BCUT2D eigenvalue weighted by Crippen LogP contribution is -2.15. The number of aromatic nitrogens is 2. The highest BCUT2D eigenvalue weighted by atomic mass is 16.5. The van der Waals surface area contributed by atoms with Crippen LogP contribution in [0.1, 0.15) is 26.3 Å². The van der Waals surface area contributed by atoms with Crippen molar-refractivity contribution in [2.24, 2.45) is 0 Å². The molecule has 0 aliphatic carbocycles. The number of carbonyl (C=O) groups excluding carboxylic acids is 2. The Kier molecular flexibility index (Phi) is 5.94. The summed E-state index contributed by atoms with van der Waals surface area (Å²) in [5.74, 6) is 0.271. The molecule has 1 aromatic heterocycles. The van der Waals surface area contributed by atoms with E-state index in [2.05, 4.69) is 20.8 Å². The minimum Gasteiger partial charge on any atom is -0.497 e. The molecular formula is C24H20N4O4. The molecule has 8 heteroatoms. The molecule has 0 saturated heterocycles. The number of anilines is 2. The normalized spacial score (nSPS) is 10.4. The van der Waals surface area contributed by atoms with Crippen molar-refractivity contribution in [2.45, 2.75) is 6.92 Å². The van der Waals surface area contributed by atoms with Gasteiger partial charge in [0.05, 0.1) is 7.11 Å². The molecule has 4 aromatic rings. The summed E-state index contributed by atoms with van der Waals surface area (Å²) in [5.41, 5.74) is 3.04. The third-order valence-electron chi connectivity index (χ3n) is 4.65. The van der Waals surface area contributed by atoms with Gasteiger partial charge in [-0.25, -0.2) is 0 Å². The van der Waals surface area contributed by atoms with Crippen molar-refractivity contribution in [3.63, 3.8) is 0 Å². The number of amides is 2. The van der Waals surface area contributed by atoms with Crippen LogP contribution in [0.3, 0.4) is 0 Å². The van der Waals surface area contributed by atoms with Gasteiger partial charge in [-0.3, -0.25) is 14.9 Å². The minimum absolute atomic E-state index is 0.0324. The second-order valence-corrected chi connectivity index (χ2v) is 7.00. The van der Waals surface area contributed by atoms with E-state index in [4.69, 9.17) is 9.15 Å². The van der Waals surface area contributed by atoms with Gasteiger partial charge in [0.2, 0.25) is 5.89 Å². The third-order valence-corrected chi connectivity index (χ3v) is 4.65. The summed E-state index contributed by atoms with van der Waals surface area (Å²) >= 11 is 0. The Bertz CT molecular complexity index is 1270. The number of aryl methyl sites for hydroxylation is 1. The summed E-state index contributed by atoms with van der Waals surface area (Å²) in [6.07, 6.45) is 0. The zero-order valence-electron chi connectivity index (χ0n) is 17.5. The summed E-state index contributed by atoms with van der Waals surface area (Å²) in [6, 6.07) is 20.9. The Balaban J connectivity index is 1.44. The maximum Gasteiger partial charge on any atom is 0.322 e. The molecule has 4 rings (SSSR count). The van der Waals surface area contributed by atoms with E-state index in [1.165, 1.54) is 0 Å². The van der Waals surface area contributed by atoms with Crippen LogP contribution >= 0.6 is 0 Å². The number of nitrogens with one attached hydrogen (secondary N) is 2. The number of hydrogen-bond donors (Lipinski definition) is 2. The fourth-order valence-electron chi connectivity index (χ4n) is 3.02. The van der Waals surface area contributed by atoms with Gasteiger partial charge >= 0.3 is 6.01 Å². The van der Waals surface area contributed by atoms with Crippen molar-refractivity contribution >= 4 is 23.5 Å². The van der Waals surface area contributed by atoms with E-state index in [1.54, 1.807) is 67.8 Å². The van der Waals surface area contributed by atoms with E-state index in [0.29, 0.717) is 28.1 Å². The average molecular weight is 428 g/mol. The van der Waals surface area contributed by atoms with Gasteiger partial charge < -0.3 is 14.5 Å². The predicted molar refractivity (Wildman–Crippen MR) is 120 cm³/mol. The Morgan fingerprint density at radius 3 is 2.25 bits per heavy atom. The van der Waals surface area contributed by atoms with Gasteiger partial charge in [-0.1, -0.05) is 28.9 Å². The smallest absolute Gasteiger partial charge is 0.322 e. The van der Waals surface area contributed by atoms with Crippen LogP contribution in [0.25, 0.3) is 11.5 Å². The summed E-state index contributed by atoms with van der Waals surface area (Å²) in [6.45, 7) is 1.92. The molecule has 0 unspecified atom stereocenters. The van der Waals surface area contributed by atoms with Crippen LogP contribution in [0, 0.1) is 6.92 Å². The monoisotopic (exact) mass is 428 g/mol. The molecule has 0 saturated carbocycles. The van der Waals surface area contributed by atoms with Crippen molar-refractivity contribution < 1.29 is 18.7 Å². The van der Waals surface area contributed by atoms with Crippen molar-refractivity contribution in [1.82, 2.24) is 10.2 Å². The van der Waals surface area contributed by atoms with Crippen molar-refractivity contribution in [1.29, 1.82) is 0 Å². The molecule has 0 spiro atoms. The SMILES string of the molecule is COc1ccc(-c2nnc(NC(=O)c3cccc(NC(=O)c4cccc(C)c4)c3)o2)cc1. The molecule has 1 heterocycles. The van der Waals surface area contributed by atoms with Gasteiger partial charge in [-0.2, -0.15) is 0 Å². The molecule has 0 bridgehead atoms. The predicted octanol–water partition coefficient (Wildman–Crippen LogP) is 4.56. The summed E-state index contributed by atoms with van der Waals surface area (Å²) < 4.78 is 10.7. The second-order valence-electron chi connectivity index (χ2n) is 7.00. The summed E-state index contributed by atoms with van der Waals surface area (Å²) in [5, 5.41) is 13.2. The molecular weight excluding hydrogens is 408 g/mol. The van der Waals surface area contributed by atoms with Crippen LogP contribution in [-0.4, -0.2) is 29.1 Å². The lowest BCUT2D eigenvalue weighted by molar-refractivity contribution is 0.101. The first-order valence-corrected chi connectivity index (χ1v) is 9.79. The minimum atomic E-state index is -0.443. The molecule has 8 nitrogen and oxygen atoms in total. The number of benzene rings is 3. The highest BCUT2D eigenvalue weighted by molar-refractivity contribution is 6.07. The van der Waals surface area contributed by atoms with Gasteiger partial charge in [-0.15, -0.1) is 5.10 Å². The molecule has 3 aromatic carbocycles. The van der Waals surface area contributed by atoms with E-state index in [9.17, 15) is 9.59 Å². The zero-order chi connectivity index (χ0) is 22.5. The molecule has 2 amide bonds. The first kappa shape index (κ1) is 20.8. The molecule has 0 fully saturated rings. The number of methoxy groups -OCH3 is 1. The van der Waals surface area contributed by atoms with Crippen LogP contribution in [-0.2, 0) is 0 Å². The van der Waals surface area contributed by atoms with Gasteiger partial charge in [0, 0.05) is 22.4 Å². The van der Waals surface area contributed by atoms with Gasteiger partial charge in [-0.05, 0) is 61.5 Å². The fraction of sp³-hybridized carbons (Fsp3) is 0.0833. The fourth-order valence-corrected chi connectivity index (χ4v) is 3.02. The van der Waals surface area contributed by atoms with Crippen molar-refractivity contribution in [2.75, 3.05) is 17.7 Å². The van der Waals surface area contributed by atoms with Gasteiger partial charge in [0.25, 0.3) is 11.8 Å². The second kappa shape index (κ2) is 9.13. The Hall–Kier alpha value is -4.46. The van der Waals surface area contributed by atoms with E-state index in [1.807, 2.05) is 19.1 Å². The number of rotatable bonds is 6.